The number of aliphatic hydroxyl groups is 1. The van der Waals surface area contributed by atoms with Gasteiger partial charge in [-0.15, -0.1) is 0 Å². The third-order valence-electron chi connectivity index (χ3n) is 3.63. The fourth-order valence-corrected chi connectivity index (χ4v) is 2.76. The minimum absolute atomic E-state index is 0.419. The van der Waals surface area contributed by atoms with Crippen molar-refractivity contribution < 1.29 is 5.11 Å². The van der Waals surface area contributed by atoms with Crippen molar-refractivity contribution in [1.29, 1.82) is 0 Å². The number of hydrogen-bond acceptors (Lipinski definition) is 2. The third-order valence-corrected chi connectivity index (χ3v) is 3.63. The van der Waals surface area contributed by atoms with Crippen molar-refractivity contribution in [1.82, 2.24) is 9.55 Å². The van der Waals surface area contributed by atoms with Crippen LogP contribution in [0.3, 0.4) is 0 Å². The van der Waals surface area contributed by atoms with Gasteiger partial charge in [0.15, 0.2) is 0 Å². The Hall–Kier alpha value is -1.61. The lowest BCUT2D eigenvalue weighted by Crippen LogP contribution is -2.07. The molecule has 1 unspecified atom stereocenters. The van der Waals surface area contributed by atoms with Crippen LogP contribution in [-0.4, -0.2) is 14.7 Å². The molecule has 0 saturated heterocycles. The molecule has 1 heterocycles. The highest BCUT2D eigenvalue weighted by atomic mass is 16.3. The lowest BCUT2D eigenvalue weighted by atomic mass is 9.93. The fourth-order valence-electron chi connectivity index (χ4n) is 2.76. The van der Waals surface area contributed by atoms with Crippen LogP contribution in [0.15, 0.2) is 24.5 Å². The summed E-state index contributed by atoms with van der Waals surface area (Å²) in [5.74, 6) is 1.02. The molecule has 0 aliphatic carbocycles. The summed E-state index contributed by atoms with van der Waals surface area (Å²) in [7, 11) is 1.98. The first-order chi connectivity index (χ1) is 8.99. The predicted molar refractivity (Wildman–Crippen MR) is 77.1 cm³/mol. The summed E-state index contributed by atoms with van der Waals surface area (Å²) < 4.78 is 2.00. The molecule has 1 atom stereocenters. The summed E-state index contributed by atoms with van der Waals surface area (Å²) in [4.78, 5) is 4.29. The summed E-state index contributed by atoms with van der Waals surface area (Å²) in [5, 5.41) is 10.4. The largest absolute Gasteiger partial charge is 0.388 e. The van der Waals surface area contributed by atoms with Crippen LogP contribution in [0.2, 0.25) is 0 Å². The maximum atomic E-state index is 10.4. The minimum atomic E-state index is -0.419. The highest BCUT2D eigenvalue weighted by Crippen LogP contribution is 2.26. The van der Waals surface area contributed by atoms with Crippen molar-refractivity contribution >= 4 is 0 Å². The van der Waals surface area contributed by atoms with Gasteiger partial charge in [-0.3, -0.25) is 0 Å². The van der Waals surface area contributed by atoms with E-state index in [1.807, 2.05) is 17.8 Å². The third kappa shape index (κ3) is 3.04. The minimum Gasteiger partial charge on any atom is -0.388 e. The van der Waals surface area contributed by atoms with E-state index in [2.05, 4.69) is 37.9 Å². The Labute approximate surface area is 114 Å². The highest BCUT2D eigenvalue weighted by Gasteiger charge is 2.14. The molecule has 0 spiro atoms. The first kappa shape index (κ1) is 13.8. The van der Waals surface area contributed by atoms with Gasteiger partial charge < -0.3 is 9.67 Å². The predicted octanol–water partition coefficient (Wildman–Crippen LogP) is 3.01. The van der Waals surface area contributed by atoms with Crippen LogP contribution in [0.25, 0.3) is 0 Å². The van der Waals surface area contributed by atoms with Gasteiger partial charge in [0.05, 0.1) is 6.10 Å². The van der Waals surface area contributed by atoms with Crippen molar-refractivity contribution in [2.75, 3.05) is 0 Å². The van der Waals surface area contributed by atoms with Crippen LogP contribution < -0.4 is 0 Å². The van der Waals surface area contributed by atoms with Crippen LogP contribution in [-0.2, 0) is 13.5 Å². The first-order valence-corrected chi connectivity index (χ1v) is 6.71. The van der Waals surface area contributed by atoms with Gasteiger partial charge in [0.2, 0.25) is 0 Å². The molecular weight excluding hydrogens is 236 g/mol. The summed E-state index contributed by atoms with van der Waals surface area (Å²) in [6, 6.07) is 4.26. The molecule has 3 nitrogen and oxygen atoms in total. The average molecular weight is 258 g/mol. The van der Waals surface area contributed by atoms with Gasteiger partial charge >= 0.3 is 0 Å². The van der Waals surface area contributed by atoms with Crippen LogP contribution in [0, 0.1) is 20.8 Å². The number of hydrogen-bond donors (Lipinski definition) is 1. The zero-order valence-electron chi connectivity index (χ0n) is 12.1. The number of aliphatic hydroxyl groups excluding tert-OH is 1. The standard InChI is InChI=1S/C16H22N2O/c1-11-9-12(2)16(13(3)10-11)14(19)5-6-15-17-7-8-18(15)4/h7-10,14,19H,5-6H2,1-4H3. The van der Waals surface area contributed by atoms with Crippen molar-refractivity contribution in [3.63, 3.8) is 0 Å². The normalized spacial score (nSPS) is 12.7. The summed E-state index contributed by atoms with van der Waals surface area (Å²) in [6.07, 6.45) is 4.80. The second-order valence-corrected chi connectivity index (χ2v) is 5.32. The van der Waals surface area contributed by atoms with E-state index in [-0.39, 0.29) is 0 Å². The zero-order chi connectivity index (χ0) is 14.0. The fraction of sp³-hybridized carbons (Fsp3) is 0.438. The van der Waals surface area contributed by atoms with E-state index in [0.717, 1.165) is 17.8 Å². The van der Waals surface area contributed by atoms with E-state index in [1.54, 1.807) is 6.20 Å². The zero-order valence-corrected chi connectivity index (χ0v) is 12.1. The quantitative estimate of drug-likeness (QED) is 0.915. The average Bonchev–Trinajstić information content (AvgIpc) is 2.70. The number of imidazole rings is 1. The van der Waals surface area contributed by atoms with E-state index in [9.17, 15) is 5.11 Å². The lowest BCUT2D eigenvalue weighted by molar-refractivity contribution is 0.165. The van der Waals surface area contributed by atoms with E-state index in [4.69, 9.17) is 0 Å². The van der Waals surface area contributed by atoms with Gasteiger partial charge in [-0.05, 0) is 43.9 Å². The van der Waals surface area contributed by atoms with Crippen molar-refractivity contribution in [2.24, 2.45) is 7.05 Å². The van der Waals surface area contributed by atoms with Crippen molar-refractivity contribution in [3.05, 3.63) is 52.6 Å². The molecule has 19 heavy (non-hydrogen) atoms. The molecule has 0 bridgehead atoms. The molecule has 1 aromatic heterocycles. The Morgan fingerprint density at radius 2 is 1.84 bits per heavy atom. The molecule has 1 aromatic carbocycles. The molecule has 3 heteroatoms. The Kier molecular flexibility index (Phi) is 4.05. The van der Waals surface area contributed by atoms with Crippen LogP contribution >= 0.6 is 0 Å². The lowest BCUT2D eigenvalue weighted by Gasteiger charge is -2.17. The molecule has 0 radical (unpaired) electrons. The van der Waals surface area contributed by atoms with E-state index < -0.39 is 6.10 Å². The second-order valence-electron chi connectivity index (χ2n) is 5.32. The molecule has 0 aliphatic rings. The number of rotatable bonds is 4. The van der Waals surface area contributed by atoms with Gasteiger partial charge in [-0.25, -0.2) is 4.98 Å². The van der Waals surface area contributed by atoms with Crippen molar-refractivity contribution in [2.45, 2.75) is 39.7 Å². The molecule has 1 N–H and O–H groups in total. The molecule has 0 aliphatic heterocycles. The van der Waals surface area contributed by atoms with Crippen LogP contribution in [0.1, 0.15) is 40.6 Å². The smallest absolute Gasteiger partial charge is 0.108 e. The van der Waals surface area contributed by atoms with Gasteiger partial charge in [0.1, 0.15) is 5.82 Å². The van der Waals surface area contributed by atoms with Gasteiger partial charge in [-0.2, -0.15) is 0 Å². The Balaban J connectivity index is 2.12. The van der Waals surface area contributed by atoms with Gasteiger partial charge in [0, 0.05) is 25.9 Å². The molecule has 2 aromatic rings. The SMILES string of the molecule is Cc1cc(C)c(C(O)CCc2nccn2C)c(C)c1. The maximum absolute atomic E-state index is 10.4. The van der Waals surface area contributed by atoms with E-state index in [0.29, 0.717) is 6.42 Å². The van der Waals surface area contributed by atoms with Gasteiger partial charge in [0.25, 0.3) is 0 Å². The monoisotopic (exact) mass is 258 g/mol. The summed E-state index contributed by atoms with van der Waals surface area (Å²) in [5.41, 5.74) is 4.66. The Bertz CT molecular complexity index is 549. The van der Waals surface area contributed by atoms with Crippen LogP contribution in [0.4, 0.5) is 0 Å². The molecule has 102 valence electrons. The van der Waals surface area contributed by atoms with Crippen LogP contribution in [0.5, 0.6) is 0 Å². The molecule has 2 rings (SSSR count). The topological polar surface area (TPSA) is 38.1 Å². The van der Waals surface area contributed by atoms with E-state index >= 15 is 0 Å². The Morgan fingerprint density at radius 1 is 1.21 bits per heavy atom. The maximum Gasteiger partial charge on any atom is 0.108 e. The first-order valence-electron chi connectivity index (χ1n) is 6.71. The summed E-state index contributed by atoms with van der Waals surface area (Å²) in [6.45, 7) is 6.22. The van der Waals surface area contributed by atoms with Gasteiger partial charge in [-0.1, -0.05) is 17.7 Å². The molecule has 0 saturated carbocycles. The molecule has 0 fully saturated rings. The number of aromatic nitrogens is 2. The second kappa shape index (κ2) is 5.57. The summed E-state index contributed by atoms with van der Waals surface area (Å²) >= 11 is 0. The van der Waals surface area contributed by atoms with Crippen molar-refractivity contribution in [3.8, 4) is 0 Å². The number of benzene rings is 1. The molecular formula is C16H22N2O. The number of aryl methyl sites for hydroxylation is 5. The Morgan fingerprint density at radius 3 is 2.37 bits per heavy atom. The highest BCUT2D eigenvalue weighted by molar-refractivity contribution is 5.38. The number of nitrogens with zero attached hydrogens (tertiary/aromatic N) is 2. The van der Waals surface area contributed by atoms with E-state index in [1.165, 1.54) is 16.7 Å². The molecule has 0 amide bonds.